The van der Waals surface area contributed by atoms with Gasteiger partial charge in [0.1, 0.15) is 0 Å². The summed E-state index contributed by atoms with van der Waals surface area (Å²) in [7, 11) is -4.44. The summed E-state index contributed by atoms with van der Waals surface area (Å²) in [6.45, 7) is 0. The van der Waals surface area contributed by atoms with E-state index in [1.807, 2.05) is 0 Å². The molecule has 3 aromatic rings. The third kappa shape index (κ3) is 3.33. The van der Waals surface area contributed by atoms with Crippen LogP contribution in [0.2, 0.25) is 5.02 Å². The zero-order valence-corrected chi connectivity index (χ0v) is 14.0. The van der Waals surface area contributed by atoms with E-state index in [1.165, 1.54) is 6.07 Å². The molecule has 0 fully saturated rings. The fraction of sp³-hybridized carbons (Fsp3) is 0.0714. The van der Waals surface area contributed by atoms with Gasteiger partial charge in [0.05, 0.1) is 20.7 Å². The number of fused-ring (bicyclic) bond motifs is 1. The van der Waals surface area contributed by atoms with Gasteiger partial charge in [0.15, 0.2) is 5.13 Å². The van der Waals surface area contributed by atoms with E-state index in [4.69, 9.17) is 11.6 Å². The summed E-state index contributed by atoms with van der Waals surface area (Å²) in [5.41, 5.74) is -0.743. The third-order valence-corrected chi connectivity index (χ3v) is 5.75. The summed E-state index contributed by atoms with van der Waals surface area (Å²) in [6.07, 6.45) is -4.79. The number of hydrogen-bond acceptors (Lipinski definition) is 4. The lowest BCUT2D eigenvalue weighted by molar-refractivity contribution is -0.139. The predicted molar refractivity (Wildman–Crippen MR) is 86.9 cm³/mol. The van der Waals surface area contributed by atoms with Crippen LogP contribution in [0.5, 0.6) is 0 Å². The average Bonchev–Trinajstić information content (AvgIpc) is 2.87. The first-order chi connectivity index (χ1) is 11.2. The Labute approximate surface area is 144 Å². The summed E-state index contributed by atoms with van der Waals surface area (Å²) in [5, 5.41) is 0.409. The molecule has 1 aromatic heterocycles. The zero-order valence-electron chi connectivity index (χ0n) is 11.6. The van der Waals surface area contributed by atoms with Crippen LogP contribution in [0, 0.1) is 0 Å². The topological polar surface area (TPSA) is 59.1 Å². The van der Waals surface area contributed by atoms with Crippen molar-refractivity contribution in [2.45, 2.75) is 11.1 Å². The highest BCUT2D eigenvalue weighted by Gasteiger charge is 2.37. The second-order valence-corrected chi connectivity index (χ2v) is 7.85. The molecule has 3 rings (SSSR count). The molecular formula is C14H8ClF3N2O2S2. The van der Waals surface area contributed by atoms with Crippen LogP contribution in [0.15, 0.2) is 47.4 Å². The SMILES string of the molecule is O=S(=O)(Nc1nc2ccc(Cl)cc2s1)c1ccccc1C(F)(F)F. The van der Waals surface area contributed by atoms with Gasteiger partial charge in [-0.3, -0.25) is 4.72 Å². The number of nitrogens with zero attached hydrogens (tertiary/aromatic N) is 1. The predicted octanol–water partition coefficient (Wildman–Crippen LogP) is 4.77. The highest BCUT2D eigenvalue weighted by atomic mass is 35.5. The van der Waals surface area contributed by atoms with Crippen molar-refractivity contribution in [3.63, 3.8) is 0 Å². The molecule has 10 heteroatoms. The maximum Gasteiger partial charge on any atom is 0.417 e. The lowest BCUT2D eigenvalue weighted by Crippen LogP contribution is -2.18. The van der Waals surface area contributed by atoms with Gasteiger partial charge in [-0.15, -0.1) is 0 Å². The molecule has 1 N–H and O–H groups in total. The van der Waals surface area contributed by atoms with Crippen molar-refractivity contribution in [2.75, 3.05) is 4.72 Å². The Kier molecular flexibility index (Phi) is 4.18. The van der Waals surface area contributed by atoms with E-state index in [9.17, 15) is 21.6 Å². The molecule has 4 nitrogen and oxygen atoms in total. The number of sulfonamides is 1. The molecular weight excluding hydrogens is 385 g/mol. The molecule has 0 unspecified atom stereocenters. The minimum Gasteiger partial charge on any atom is -0.255 e. The Morgan fingerprint density at radius 2 is 1.83 bits per heavy atom. The maximum atomic E-state index is 13.0. The summed E-state index contributed by atoms with van der Waals surface area (Å²) < 4.78 is 66.4. The van der Waals surface area contributed by atoms with E-state index < -0.39 is 26.7 Å². The van der Waals surface area contributed by atoms with Gasteiger partial charge in [-0.2, -0.15) is 13.2 Å². The number of aromatic nitrogens is 1. The highest BCUT2D eigenvalue weighted by Crippen LogP contribution is 2.35. The normalized spacial score (nSPS) is 12.5. The van der Waals surface area contributed by atoms with E-state index in [0.717, 1.165) is 23.5 Å². The molecule has 2 aromatic carbocycles. The molecule has 0 radical (unpaired) electrons. The van der Waals surface area contributed by atoms with Crippen molar-refractivity contribution < 1.29 is 21.6 Å². The number of rotatable bonds is 3. The number of alkyl halides is 3. The monoisotopic (exact) mass is 392 g/mol. The Morgan fingerprint density at radius 3 is 2.54 bits per heavy atom. The van der Waals surface area contributed by atoms with Gasteiger partial charge < -0.3 is 0 Å². The minimum atomic E-state index is -4.79. The van der Waals surface area contributed by atoms with Crippen LogP contribution < -0.4 is 4.72 Å². The number of halogens is 4. The molecule has 0 saturated heterocycles. The molecule has 0 aliphatic carbocycles. The second kappa shape index (κ2) is 5.91. The Hall–Kier alpha value is -1.84. The first-order valence-electron chi connectivity index (χ1n) is 6.42. The number of thiazole rings is 1. The van der Waals surface area contributed by atoms with Gasteiger partial charge in [0, 0.05) is 5.02 Å². The van der Waals surface area contributed by atoms with Gasteiger partial charge in [0.25, 0.3) is 10.0 Å². The van der Waals surface area contributed by atoms with Crippen LogP contribution >= 0.6 is 22.9 Å². The van der Waals surface area contributed by atoms with Gasteiger partial charge in [-0.05, 0) is 30.3 Å². The largest absolute Gasteiger partial charge is 0.417 e. The molecule has 0 bridgehead atoms. The fourth-order valence-electron chi connectivity index (χ4n) is 2.05. The number of benzene rings is 2. The summed E-state index contributed by atoms with van der Waals surface area (Å²) in [5.74, 6) is 0. The number of nitrogens with one attached hydrogen (secondary N) is 1. The summed E-state index contributed by atoms with van der Waals surface area (Å²) >= 11 is 6.82. The van der Waals surface area contributed by atoms with Crippen LogP contribution in [0.4, 0.5) is 18.3 Å². The van der Waals surface area contributed by atoms with Gasteiger partial charge >= 0.3 is 6.18 Å². The molecule has 0 aliphatic rings. The van der Waals surface area contributed by atoms with E-state index >= 15 is 0 Å². The van der Waals surface area contributed by atoms with E-state index in [1.54, 1.807) is 18.2 Å². The smallest absolute Gasteiger partial charge is 0.255 e. The average molecular weight is 393 g/mol. The quantitative estimate of drug-likeness (QED) is 0.698. The van der Waals surface area contributed by atoms with Crippen LogP contribution in [-0.4, -0.2) is 13.4 Å². The minimum absolute atomic E-state index is 0.0377. The Balaban J connectivity index is 2.02. The van der Waals surface area contributed by atoms with Crippen LogP contribution in [0.3, 0.4) is 0 Å². The lowest BCUT2D eigenvalue weighted by atomic mass is 10.2. The standard InChI is InChI=1S/C14H8ClF3N2O2S2/c15-8-5-6-10-11(7-8)23-13(19-10)20-24(21,22)12-4-2-1-3-9(12)14(16,17)18/h1-7H,(H,19,20). The van der Waals surface area contributed by atoms with E-state index in [-0.39, 0.29) is 5.13 Å². The summed E-state index contributed by atoms with van der Waals surface area (Å²) in [4.78, 5) is 3.19. The van der Waals surface area contributed by atoms with Gasteiger partial charge in [0.2, 0.25) is 0 Å². The molecule has 0 aliphatic heterocycles. The summed E-state index contributed by atoms with van der Waals surface area (Å²) in [6, 6.07) is 8.73. The molecule has 0 saturated carbocycles. The molecule has 0 spiro atoms. The fourth-order valence-corrected chi connectivity index (χ4v) is 4.65. The number of anilines is 1. The molecule has 0 atom stereocenters. The van der Waals surface area contributed by atoms with E-state index in [2.05, 4.69) is 9.71 Å². The Bertz CT molecular complexity index is 1020. The lowest BCUT2D eigenvalue weighted by Gasteiger charge is -2.13. The van der Waals surface area contributed by atoms with Crippen molar-refractivity contribution in [1.29, 1.82) is 0 Å². The molecule has 0 amide bonds. The second-order valence-electron chi connectivity index (χ2n) is 4.73. The van der Waals surface area contributed by atoms with Crippen LogP contribution in [0.25, 0.3) is 10.2 Å². The first-order valence-corrected chi connectivity index (χ1v) is 9.10. The van der Waals surface area contributed by atoms with Crippen molar-refractivity contribution in [2.24, 2.45) is 0 Å². The molecule has 126 valence electrons. The highest BCUT2D eigenvalue weighted by molar-refractivity contribution is 7.93. The molecule has 24 heavy (non-hydrogen) atoms. The maximum absolute atomic E-state index is 13.0. The van der Waals surface area contributed by atoms with E-state index in [0.29, 0.717) is 21.3 Å². The van der Waals surface area contributed by atoms with Crippen LogP contribution in [-0.2, 0) is 16.2 Å². The number of hydrogen-bond donors (Lipinski definition) is 1. The zero-order chi connectivity index (χ0) is 17.5. The Morgan fingerprint density at radius 1 is 1.12 bits per heavy atom. The molecule has 1 heterocycles. The van der Waals surface area contributed by atoms with Crippen molar-refractivity contribution in [3.8, 4) is 0 Å². The van der Waals surface area contributed by atoms with Gasteiger partial charge in [-0.25, -0.2) is 13.4 Å². The van der Waals surface area contributed by atoms with Crippen LogP contribution in [0.1, 0.15) is 5.56 Å². The van der Waals surface area contributed by atoms with Gasteiger partial charge in [-0.1, -0.05) is 35.1 Å². The van der Waals surface area contributed by atoms with Crippen molar-refractivity contribution >= 4 is 48.3 Å². The third-order valence-electron chi connectivity index (χ3n) is 3.05. The van der Waals surface area contributed by atoms with Crippen molar-refractivity contribution in [1.82, 2.24) is 4.98 Å². The van der Waals surface area contributed by atoms with Crippen molar-refractivity contribution in [3.05, 3.63) is 53.1 Å². The first kappa shape index (κ1) is 17.0.